The maximum absolute atomic E-state index is 11.9. The molecule has 0 spiro atoms. The number of piperazine rings is 1. The molecule has 1 amide bonds. The first-order valence-corrected chi connectivity index (χ1v) is 7.48. The van der Waals surface area contributed by atoms with Gasteiger partial charge in [0.15, 0.2) is 0 Å². The molecule has 1 fully saturated rings. The highest BCUT2D eigenvalue weighted by atomic mass is 16.4. The van der Waals surface area contributed by atoms with Gasteiger partial charge in [-0.05, 0) is 24.6 Å². The zero-order valence-electron chi connectivity index (χ0n) is 12.8. The van der Waals surface area contributed by atoms with Crippen LogP contribution in [0, 0.1) is 0 Å². The number of likely N-dealkylation sites (N-methyl/N-ethyl adjacent to an activating group) is 1. The standard InChI is InChI=1S/C17H20N2O3/c1-11(20)19-9-13-8-14(12-6-4-3-5-7-12)16(17(21)22)15(10-19)18(13)2/h3-7,13,15H,8-10H2,1-2H3,(H,21,22). The molecule has 1 N–H and O–H groups in total. The Morgan fingerprint density at radius 2 is 1.86 bits per heavy atom. The van der Waals surface area contributed by atoms with Crippen LogP contribution in [-0.4, -0.2) is 59.0 Å². The van der Waals surface area contributed by atoms with E-state index in [1.54, 1.807) is 11.8 Å². The molecule has 2 aliphatic rings. The zero-order chi connectivity index (χ0) is 15.9. The minimum absolute atomic E-state index is 0.0102. The van der Waals surface area contributed by atoms with Gasteiger partial charge in [-0.3, -0.25) is 9.69 Å². The monoisotopic (exact) mass is 300 g/mol. The lowest BCUT2D eigenvalue weighted by atomic mass is 9.82. The molecule has 5 nitrogen and oxygen atoms in total. The second-order valence-electron chi connectivity index (χ2n) is 6.03. The Morgan fingerprint density at radius 3 is 2.45 bits per heavy atom. The van der Waals surface area contributed by atoms with Crippen LogP contribution in [0.2, 0.25) is 0 Å². The van der Waals surface area contributed by atoms with Crippen molar-refractivity contribution < 1.29 is 14.7 Å². The van der Waals surface area contributed by atoms with Gasteiger partial charge in [0.2, 0.25) is 5.91 Å². The molecular weight excluding hydrogens is 280 g/mol. The fourth-order valence-corrected chi connectivity index (χ4v) is 3.54. The fourth-order valence-electron chi connectivity index (χ4n) is 3.54. The number of carbonyl (C=O) groups is 2. The van der Waals surface area contributed by atoms with Gasteiger partial charge < -0.3 is 10.0 Å². The number of amides is 1. The molecule has 0 radical (unpaired) electrons. The Morgan fingerprint density at radius 1 is 1.18 bits per heavy atom. The van der Waals surface area contributed by atoms with Crippen LogP contribution in [0.4, 0.5) is 0 Å². The molecule has 0 aliphatic carbocycles. The number of rotatable bonds is 2. The Balaban J connectivity index is 2.08. The predicted octanol–water partition coefficient (Wildman–Crippen LogP) is 1.46. The van der Waals surface area contributed by atoms with E-state index in [1.165, 1.54) is 0 Å². The maximum atomic E-state index is 11.9. The largest absolute Gasteiger partial charge is 0.478 e. The summed E-state index contributed by atoms with van der Waals surface area (Å²) in [4.78, 5) is 27.5. The molecule has 116 valence electrons. The quantitative estimate of drug-likeness (QED) is 0.898. The van der Waals surface area contributed by atoms with E-state index in [4.69, 9.17) is 0 Å². The van der Waals surface area contributed by atoms with Crippen LogP contribution in [0.15, 0.2) is 35.9 Å². The number of carbonyl (C=O) groups excluding carboxylic acids is 1. The lowest BCUT2D eigenvalue weighted by Gasteiger charge is -2.49. The Hall–Kier alpha value is -2.14. The van der Waals surface area contributed by atoms with E-state index >= 15 is 0 Å². The molecule has 3 rings (SSSR count). The number of aliphatic carboxylic acids is 1. The van der Waals surface area contributed by atoms with Gasteiger partial charge in [-0.15, -0.1) is 0 Å². The number of benzene rings is 1. The molecule has 1 aromatic carbocycles. The maximum Gasteiger partial charge on any atom is 0.333 e. The van der Waals surface area contributed by atoms with Gasteiger partial charge in [0.05, 0.1) is 11.6 Å². The van der Waals surface area contributed by atoms with Crippen LogP contribution in [0.5, 0.6) is 0 Å². The fraction of sp³-hybridized carbons (Fsp3) is 0.412. The van der Waals surface area contributed by atoms with Crippen LogP contribution >= 0.6 is 0 Å². The molecule has 1 aromatic rings. The van der Waals surface area contributed by atoms with Crippen LogP contribution in [-0.2, 0) is 9.59 Å². The first kappa shape index (κ1) is 14.8. The second kappa shape index (κ2) is 5.57. The smallest absolute Gasteiger partial charge is 0.333 e. The third-order valence-corrected chi connectivity index (χ3v) is 4.79. The SMILES string of the molecule is CC(=O)N1CC2CC(c3ccccc3)=C(C(=O)O)C(C1)N2C. The van der Waals surface area contributed by atoms with Gasteiger partial charge in [-0.2, -0.15) is 0 Å². The van der Waals surface area contributed by atoms with E-state index < -0.39 is 5.97 Å². The van der Waals surface area contributed by atoms with E-state index in [2.05, 4.69) is 4.90 Å². The molecule has 2 unspecified atom stereocenters. The summed E-state index contributed by atoms with van der Waals surface area (Å²) in [7, 11) is 1.96. The van der Waals surface area contributed by atoms with Gasteiger partial charge in [0.25, 0.3) is 0 Å². The van der Waals surface area contributed by atoms with E-state index in [-0.39, 0.29) is 18.0 Å². The minimum Gasteiger partial charge on any atom is -0.478 e. The molecule has 22 heavy (non-hydrogen) atoms. The number of carboxylic acid groups (broad SMARTS) is 1. The van der Waals surface area contributed by atoms with E-state index in [9.17, 15) is 14.7 Å². The summed E-state index contributed by atoms with van der Waals surface area (Å²) in [6, 6.07) is 9.63. The second-order valence-corrected chi connectivity index (χ2v) is 6.03. The Bertz CT molecular complexity index is 639. The van der Waals surface area contributed by atoms with Gasteiger partial charge in [-0.1, -0.05) is 30.3 Å². The number of hydrogen-bond acceptors (Lipinski definition) is 3. The molecule has 2 atom stereocenters. The molecule has 0 aromatic heterocycles. The number of nitrogens with zero attached hydrogens (tertiary/aromatic N) is 2. The van der Waals surface area contributed by atoms with Crippen molar-refractivity contribution in [2.45, 2.75) is 25.4 Å². The molecular formula is C17H20N2O3. The van der Waals surface area contributed by atoms with Crippen molar-refractivity contribution in [2.75, 3.05) is 20.1 Å². The summed E-state index contributed by atoms with van der Waals surface area (Å²) in [6.07, 6.45) is 0.655. The lowest BCUT2D eigenvalue weighted by Crippen LogP contribution is -2.61. The molecule has 0 saturated carbocycles. The summed E-state index contributed by atoms with van der Waals surface area (Å²) >= 11 is 0. The summed E-state index contributed by atoms with van der Waals surface area (Å²) in [5.41, 5.74) is 2.31. The van der Waals surface area contributed by atoms with Crippen LogP contribution in [0.25, 0.3) is 5.57 Å². The summed E-state index contributed by atoms with van der Waals surface area (Å²) in [6.45, 7) is 2.65. The number of carboxylic acids is 1. The Kier molecular flexibility index (Phi) is 3.74. The highest BCUT2D eigenvalue weighted by molar-refractivity contribution is 5.98. The van der Waals surface area contributed by atoms with E-state index in [0.29, 0.717) is 25.1 Å². The zero-order valence-corrected chi connectivity index (χ0v) is 12.8. The predicted molar refractivity (Wildman–Crippen MR) is 83.2 cm³/mol. The van der Waals surface area contributed by atoms with Crippen LogP contribution in [0.3, 0.4) is 0 Å². The molecule has 2 bridgehead atoms. The Labute approximate surface area is 129 Å². The molecule has 2 aliphatic heterocycles. The van der Waals surface area contributed by atoms with Crippen molar-refractivity contribution in [3.8, 4) is 0 Å². The number of hydrogen-bond donors (Lipinski definition) is 1. The normalized spacial score (nSPS) is 25.3. The summed E-state index contributed by atoms with van der Waals surface area (Å²) in [5, 5.41) is 9.74. The molecule has 5 heteroatoms. The van der Waals surface area contributed by atoms with Gasteiger partial charge >= 0.3 is 5.97 Å². The van der Waals surface area contributed by atoms with E-state index in [1.807, 2.05) is 37.4 Å². The first-order valence-electron chi connectivity index (χ1n) is 7.48. The van der Waals surface area contributed by atoms with Gasteiger partial charge in [0.1, 0.15) is 0 Å². The first-order chi connectivity index (χ1) is 10.5. The topological polar surface area (TPSA) is 60.9 Å². The van der Waals surface area contributed by atoms with Crippen molar-refractivity contribution in [1.82, 2.24) is 9.80 Å². The number of fused-ring (bicyclic) bond motifs is 2. The molecule has 1 saturated heterocycles. The van der Waals surface area contributed by atoms with Crippen molar-refractivity contribution in [3.63, 3.8) is 0 Å². The van der Waals surface area contributed by atoms with E-state index in [0.717, 1.165) is 11.1 Å². The summed E-state index contributed by atoms with van der Waals surface area (Å²) < 4.78 is 0. The third-order valence-electron chi connectivity index (χ3n) is 4.79. The highest BCUT2D eigenvalue weighted by Crippen LogP contribution is 2.37. The van der Waals surface area contributed by atoms with Crippen molar-refractivity contribution >= 4 is 17.4 Å². The molecule has 2 heterocycles. The van der Waals surface area contributed by atoms with Crippen molar-refractivity contribution in [3.05, 3.63) is 41.5 Å². The average Bonchev–Trinajstić information content (AvgIpc) is 2.47. The van der Waals surface area contributed by atoms with Crippen molar-refractivity contribution in [2.24, 2.45) is 0 Å². The van der Waals surface area contributed by atoms with Crippen LogP contribution < -0.4 is 0 Å². The van der Waals surface area contributed by atoms with Gasteiger partial charge in [0, 0.05) is 26.1 Å². The minimum atomic E-state index is -0.889. The average molecular weight is 300 g/mol. The van der Waals surface area contributed by atoms with Crippen molar-refractivity contribution in [1.29, 1.82) is 0 Å². The van der Waals surface area contributed by atoms with Crippen LogP contribution in [0.1, 0.15) is 18.9 Å². The third kappa shape index (κ3) is 2.41. The van der Waals surface area contributed by atoms with Gasteiger partial charge in [-0.25, -0.2) is 4.79 Å². The lowest BCUT2D eigenvalue weighted by molar-refractivity contribution is -0.137. The summed E-state index contributed by atoms with van der Waals surface area (Å²) in [5.74, 6) is -0.879. The highest BCUT2D eigenvalue weighted by Gasteiger charge is 2.42.